The van der Waals surface area contributed by atoms with E-state index in [-0.39, 0.29) is 11.5 Å². The summed E-state index contributed by atoms with van der Waals surface area (Å²) in [6, 6.07) is 7.40. The van der Waals surface area contributed by atoms with Crippen LogP contribution >= 0.6 is 0 Å². The second-order valence-corrected chi connectivity index (χ2v) is 6.03. The standard InChI is InChI=1S/C17H27NO2/c1-5-6-7-10-13-18-16(19)14-11-8-9-12-15(14)20-17(2,3)4/h8-9,11-12H,5-7,10,13H2,1-4H3,(H,18,19). The molecule has 1 N–H and O–H groups in total. The Hall–Kier alpha value is -1.51. The minimum atomic E-state index is -0.308. The van der Waals surface area contributed by atoms with E-state index in [1.807, 2.05) is 45.0 Å². The predicted molar refractivity (Wildman–Crippen MR) is 83.3 cm³/mol. The van der Waals surface area contributed by atoms with E-state index in [9.17, 15) is 4.79 Å². The summed E-state index contributed by atoms with van der Waals surface area (Å²) in [5.41, 5.74) is 0.301. The second-order valence-electron chi connectivity index (χ2n) is 6.03. The molecule has 1 aromatic carbocycles. The lowest BCUT2D eigenvalue weighted by Crippen LogP contribution is -2.28. The molecule has 1 aromatic rings. The van der Waals surface area contributed by atoms with Crippen LogP contribution in [0.1, 0.15) is 63.7 Å². The fraction of sp³-hybridized carbons (Fsp3) is 0.588. The highest BCUT2D eigenvalue weighted by Gasteiger charge is 2.17. The largest absolute Gasteiger partial charge is 0.487 e. The third kappa shape index (κ3) is 6.09. The maximum atomic E-state index is 12.2. The van der Waals surface area contributed by atoms with Gasteiger partial charge in [-0.1, -0.05) is 38.3 Å². The normalized spacial score (nSPS) is 11.2. The number of amides is 1. The van der Waals surface area contributed by atoms with Gasteiger partial charge < -0.3 is 10.1 Å². The van der Waals surface area contributed by atoms with Gasteiger partial charge in [0, 0.05) is 6.54 Å². The maximum Gasteiger partial charge on any atom is 0.255 e. The maximum absolute atomic E-state index is 12.2. The van der Waals surface area contributed by atoms with E-state index < -0.39 is 0 Å². The summed E-state index contributed by atoms with van der Waals surface area (Å²) >= 11 is 0. The molecule has 0 saturated carbocycles. The quantitative estimate of drug-likeness (QED) is 0.759. The molecule has 0 bridgehead atoms. The monoisotopic (exact) mass is 277 g/mol. The Morgan fingerprint density at radius 3 is 2.50 bits per heavy atom. The number of ether oxygens (including phenoxy) is 1. The third-order valence-electron chi connectivity index (χ3n) is 2.86. The highest BCUT2D eigenvalue weighted by atomic mass is 16.5. The summed E-state index contributed by atoms with van der Waals surface area (Å²) in [5, 5.41) is 2.97. The Kier molecular flexibility index (Phi) is 6.56. The minimum absolute atomic E-state index is 0.0543. The van der Waals surface area contributed by atoms with Crippen molar-refractivity contribution in [2.24, 2.45) is 0 Å². The average molecular weight is 277 g/mol. The summed E-state index contributed by atoms with van der Waals surface area (Å²) in [7, 11) is 0. The number of hydrogen-bond donors (Lipinski definition) is 1. The fourth-order valence-corrected chi connectivity index (χ4v) is 1.92. The van der Waals surface area contributed by atoms with Crippen LogP contribution < -0.4 is 10.1 Å². The number of benzene rings is 1. The van der Waals surface area contributed by atoms with E-state index in [1.54, 1.807) is 0 Å². The summed E-state index contributed by atoms with van der Waals surface area (Å²) in [6.45, 7) is 8.84. The molecule has 0 aromatic heterocycles. The first-order valence-corrected chi connectivity index (χ1v) is 7.50. The molecule has 20 heavy (non-hydrogen) atoms. The minimum Gasteiger partial charge on any atom is -0.487 e. The van der Waals surface area contributed by atoms with Crippen LogP contribution in [0.3, 0.4) is 0 Å². The Bertz CT molecular complexity index is 421. The van der Waals surface area contributed by atoms with Crippen LogP contribution in [0.2, 0.25) is 0 Å². The Labute approximate surface area is 122 Å². The van der Waals surface area contributed by atoms with E-state index in [4.69, 9.17) is 4.74 Å². The first kappa shape index (κ1) is 16.5. The first-order chi connectivity index (χ1) is 9.44. The number of nitrogens with one attached hydrogen (secondary N) is 1. The van der Waals surface area contributed by atoms with Crippen LogP contribution in [0.15, 0.2) is 24.3 Å². The highest BCUT2D eigenvalue weighted by molar-refractivity contribution is 5.96. The zero-order valence-electron chi connectivity index (χ0n) is 13.2. The molecule has 0 aliphatic heterocycles. The van der Waals surface area contributed by atoms with Gasteiger partial charge >= 0.3 is 0 Å². The molecule has 0 fully saturated rings. The van der Waals surface area contributed by atoms with Gasteiger partial charge in [0.1, 0.15) is 11.4 Å². The van der Waals surface area contributed by atoms with Crippen molar-refractivity contribution in [3.63, 3.8) is 0 Å². The number of hydrogen-bond acceptors (Lipinski definition) is 2. The van der Waals surface area contributed by atoms with Gasteiger partial charge in [-0.15, -0.1) is 0 Å². The van der Waals surface area contributed by atoms with Crippen LogP contribution in [-0.4, -0.2) is 18.1 Å². The lowest BCUT2D eigenvalue weighted by Gasteiger charge is -2.23. The van der Waals surface area contributed by atoms with Gasteiger partial charge in [-0.25, -0.2) is 0 Å². The van der Waals surface area contributed by atoms with E-state index in [0.717, 1.165) is 19.4 Å². The van der Waals surface area contributed by atoms with Crippen molar-refractivity contribution in [3.8, 4) is 5.75 Å². The number of rotatable bonds is 7. The molecule has 0 aliphatic rings. The molecule has 3 heteroatoms. The smallest absolute Gasteiger partial charge is 0.255 e. The topological polar surface area (TPSA) is 38.3 Å². The van der Waals surface area contributed by atoms with E-state index >= 15 is 0 Å². The van der Waals surface area contributed by atoms with Gasteiger partial charge in [-0.05, 0) is 39.3 Å². The van der Waals surface area contributed by atoms with Crippen LogP contribution in [0, 0.1) is 0 Å². The molecule has 0 radical (unpaired) electrons. The van der Waals surface area contributed by atoms with Gasteiger partial charge in [0.25, 0.3) is 5.91 Å². The van der Waals surface area contributed by atoms with E-state index in [1.165, 1.54) is 12.8 Å². The van der Waals surface area contributed by atoms with Crippen molar-refractivity contribution < 1.29 is 9.53 Å². The van der Waals surface area contributed by atoms with Crippen molar-refractivity contribution in [1.82, 2.24) is 5.32 Å². The second kappa shape index (κ2) is 7.93. The molecule has 1 amide bonds. The molecule has 1 rings (SSSR count). The Morgan fingerprint density at radius 2 is 1.85 bits per heavy atom. The summed E-state index contributed by atoms with van der Waals surface area (Å²) in [5.74, 6) is 0.590. The molecule has 0 aliphatic carbocycles. The number of carbonyl (C=O) groups excluding carboxylic acids is 1. The fourth-order valence-electron chi connectivity index (χ4n) is 1.92. The van der Waals surface area contributed by atoms with Crippen LogP contribution in [-0.2, 0) is 0 Å². The van der Waals surface area contributed by atoms with Crippen molar-refractivity contribution in [2.45, 2.75) is 59.0 Å². The van der Waals surface area contributed by atoms with E-state index in [0.29, 0.717) is 11.3 Å². The zero-order valence-corrected chi connectivity index (χ0v) is 13.2. The van der Waals surface area contributed by atoms with Crippen molar-refractivity contribution >= 4 is 5.91 Å². The van der Waals surface area contributed by atoms with Crippen LogP contribution in [0.25, 0.3) is 0 Å². The molecule has 0 spiro atoms. The molecule has 112 valence electrons. The number of carbonyl (C=O) groups is 1. The van der Waals surface area contributed by atoms with Crippen LogP contribution in [0.5, 0.6) is 5.75 Å². The molecule has 0 heterocycles. The summed E-state index contributed by atoms with van der Waals surface area (Å²) in [6.07, 6.45) is 4.62. The number of para-hydroxylation sites is 1. The average Bonchev–Trinajstić information content (AvgIpc) is 2.37. The van der Waals surface area contributed by atoms with Gasteiger partial charge in [-0.3, -0.25) is 4.79 Å². The molecular weight excluding hydrogens is 250 g/mol. The molecule has 3 nitrogen and oxygen atoms in total. The third-order valence-corrected chi connectivity index (χ3v) is 2.86. The van der Waals surface area contributed by atoms with Crippen LogP contribution in [0.4, 0.5) is 0 Å². The molecule has 0 atom stereocenters. The lowest BCUT2D eigenvalue weighted by molar-refractivity contribution is 0.0932. The molecule has 0 unspecified atom stereocenters. The van der Waals surface area contributed by atoms with E-state index in [2.05, 4.69) is 12.2 Å². The zero-order chi connectivity index (χ0) is 15.0. The van der Waals surface area contributed by atoms with Gasteiger partial charge in [0.05, 0.1) is 5.56 Å². The molecule has 0 saturated heterocycles. The summed E-state index contributed by atoms with van der Waals surface area (Å²) in [4.78, 5) is 12.2. The SMILES string of the molecule is CCCCCCNC(=O)c1ccccc1OC(C)(C)C. The lowest BCUT2D eigenvalue weighted by atomic mass is 10.1. The number of unbranched alkanes of at least 4 members (excludes halogenated alkanes) is 3. The Morgan fingerprint density at radius 1 is 1.15 bits per heavy atom. The molecular formula is C17H27NO2. The predicted octanol–water partition coefficient (Wildman–Crippen LogP) is 4.17. The highest BCUT2D eigenvalue weighted by Crippen LogP contribution is 2.22. The van der Waals surface area contributed by atoms with Gasteiger partial charge in [0.15, 0.2) is 0 Å². The first-order valence-electron chi connectivity index (χ1n) is 7.50. The Balaban J connectivity index is 2.59. The summed E-state index contributed by atoms with van der Waals surface area (Å²) < 4.78 is 5.84. The van der Waals surface area contributed by atoms with Crippen molar-refractivity contribution in [1.29, 1.82) is 0 Å². The van der Waals surface area contributed by atoms with Gasteiger partial charge in [-0.2, -0.15) is 0 Å². The van der Waals surface area contributed by atoms with Crippen molar-refractivity contribution in [3.05, 3.63) is 29.8 Å². The van der Waals surface area contributed by atoms with Gasteiger partial charge in [0.2, 0.25) is 0 Å². The van der Waals surface area contributed by atoms with Crippen molar-refractivity contribution in [2.75, 3.05) is 6.54 Å².